The maximum Gasteiger partial charge on any atom is 0.246 e. The number of aromatic nitrogens is 1. The van der Waals surface area contributed by atoms with Crippen LogP contribution < -0.4 is 14.4 Å². The fourth-order valence-corrected chi connectivity index (χ4v) is 4.10. The fourth-order valence-electron chi connectivity index (χ4n) is 4.10. The van der Waals surface area contributed by atoms with Crippen molar-refractivity contribution in [2.75, 3.05) is 45.3 Å². The van der Waals surface area contributed by atoms with Crippen molar-refractivity contribution in [3.05, 3.63) is 65.2 Å². The largest absolute Gasteiger partial charge is 0.497 e. The molecular formula is C26H29N3O3. The molecule has 166 valence electrons. The van der Waals surface area contributed by atoms with Gasteiger partial charge in [0, 0.05) is 43.2 Å². The number of hydrogen-bond donors (Lipinski definition) is 0. The minimum atomic E-state index is -0.00646. The molecule has 1 fully saturated rings. The maximum absolute atomic E-state index is 12.8. The van der Waals surface area contributed by atoms with Crippen LogP contribution in [0.15, 0.2) is 48.5 Å². The van der Waals surface area contributed by atoms with Crippen LogP contribution in [0.25, 0.3) is 17.0 Å². The van der Waals surface area contributed by atoms with E-state index in [4.69, 9.17) is 14.5 Å². The van der Waals surface area contributed by atoms with Crippen molar-refractivity contribution < 1.29 is 14.3 Å². The quantitative estimate of drug-likeness (QED) is 0.566. The number of amides is 1. The van der Waals surface area contributed by atoms with Crippen LogP contribution in [0, 0.1) is 13.8 Å². The van der Waals surface area contributed by atoms with Gasteiger partial charge in [-0.05, 0) is 55.3 Å². The molecule has 32 heavy (non-hydrogen) atoms. The molecule has 1 aliphatic rings. The Balaban J connectivity index is 1.44. The van der Waals surface area contributed by atoms with Crippen molar-refractivity contribution in [2.24, 2.45) is 0 Å². The Bertz CT molecular complexity index is 1160. The third kappa shape index (κ3) is 4.40. The Labute approximate surface area is 189 Å². The van der Waals surface area contributed by atoms with E-state index in [0.29, 0.717) is 18.8 Å². The summed E-state index contributed by atoms with van der Waals surface area (Å²) in [5.41, 5.74) is 4.27. The summed E-state index contributed by atoms with van der Waals surface area (Å²) in [6.07, 6.45) is 3.39. The zero-order chi connectivity index (χ0) is 22.7. The van der Waals surface area contributed by atoms with Crippen molar-refractivity contribution in [3.63, 3.8) is 0 Å². The number of fused-ring (bicyclic) bond motifs is 1. The van der Waals surface area contributed by atoms with Gasteiger partial charge >= 0.3 is 0 Å². The van der Waals surface area contributed by atoms with Crippen molar-refractivity contribution in [2.45, 2.75) is 13.8 Å². The second-order valence-corrected chi connectivity index (χ2v) is 8.02. The highest BCUT2D eigenvalue weighted by Gasteiger charge is 2.21. The van der Waals surface area contributed by atoms with Gasteiger partial charge in [0.1, 0.15) is 17.3 Å². The van der Waals surface area contributed by atoms with E-state index in [1.54, 1.807) is 26.4 Å². The second kappa shape index (κ2) is 9.30. The molecule has 6 nitrogen and oxygen atoms in total. The highest BCUT2D eigenvalue weighted by atomic mass is 16.5. The van der Waals surface area contributed by atoms with Crippen LogP contribution in [0.1, 0.15) is 16.7 Å². The highest BCUT2D eigenvalue weighted by Crippen LogP contribution is 2.26. The summed E-state index contributed by atoms with van der Waals surface area (Å²) in [6.45, 7) is 7.05. The topological polar surface area (TPSA) is 54.9 Å². The van der Waals surface area contributed by atoms with Crippen LogP contribution in [0.5, 0.6) is 11.5 Å². The molecule has 2 aromatic carbocycles. The predicted octanol–water partition coefficient (Wildman–Crippen LogP) is 4.23. The van der Waals surface area contributed by atoms with Gasteiger partial charge in [0.05, 0.1) is 19.7 Å². The molecule has 0 spiro atoms. The molecule has 0 bridgehead atoms. The third-order valence-electron chi connectivity index (χ3n) is 5.99. The van der Waals surface area contributed by atoms with Crippen LogP contribution >= 0.6 is 0 Å². The standard InChI is InChI=1S/C26H29N3O3/c1-18-6-5-7-22-19(2)16-24(27-26(18)22)28-12-14-29(15-13-28)25(30)11-8-20-17-21(31-3)9-10-23(20)32-4/h5-11,16-17H,12-15H2,1-4H3/b11-8+. The van der Waals surface area contributed by atoms with E-state index >= 15 is 0 Å². The van der Waals surface area contributed by atoms with Crippen LogP contribution in [-0.4, -0.2) is 56.2 Å². The Kier molecular flexibility index (Phi) is 6.30. The summed E-state index contributed by atoms with van der Waals surface area (Å²) in [6, 6.07) is 14.0. The first-order valence-electron chi connectivity index (χ1n) is 10.8. The average molecular weight is 432 g/mol. The van der Waals surface area contributed by atoms with E-state index < -0.39 is 0 Å². The minimum absolute atomic E-state index is 0.00646. The number of para-hydroxylation sites is 1. The van der Waals surface area contributed by atoms with Gasteiger partial charge in [-0.2, -0.15) is 0 Å². The van der Waals surface area contributed by atoms with Crippen LogP contribution in [0.3, 0.4) is 0 Å². The van der Waals surface area contributed by atoms with E-state index in [-0.39, 0.29) is 5.91 Å². The number of carbonyl (C=O) groups is 1. The molecular weight excluding hydrogens is 402 g/mol. The number of carbonyl (C=O) groups excluding carboxylic acids is 1. The number of piperazine rings is 1. The molecule has 0 atom stereocenters. The summed E-state index contributed by atoms with van der Waals surface area (Å²) in [4.78, 5) is 21.8. The third-order valence-corrected chi connectivity index (χ3v) is 5.99. The molecule has 2 heterocycles. The Morgan fingerprint density at radius 3 is 2.47 bits per heavy atom. The zero-order valence-corrected chi connectivity index (χ0v) is 19.1. The molecule has 1 aliphatic heterocycles. The van der Waals surface area contributed by atoms with Gasteiger partial charge in [0.25, 0.3) is 0 Å². The molecule has 0 aliphatic carbocycles. The number of rotatable bonds is 5. The minimum Gasteiger partial charge on any atom is -0.497 e. The van der Waals surface area contributed by atoms with Crippen molar-refractivity contribution >= 4 is 28.7 Å². The van der Waals surface area contributed by atoms with Gasteiger partial charge in [-0.15, -0.1) is 0 Å². The number of benzene rings is 2. The van der Waals surface area contributed by atoms with Crippen LogP contribution in [0.4, 0.5) is 5.82 Å². The monoisotopic (exact) mass is 431 g/mol. The van der Waals surface area contributed by atoms with Crippen LogP contribution in [-0.2, 0) is 4.79 Å². The number of hydrogen-bond acceptors (Lipinski definition) is 5. The molecule has 1 aromatic heterocycles. The van der Waals surface area contributed by atoms with Gasteiger partial charge < -0.3 is 19.3 Å². The van der Waals surface area contributed by atoms with E-state index in [1.165, 1.54) is 16.5 Å². The zero-order valence-electron chi connectivity index (χ0n) is 19.1. The summed E-state index contributed by atoms with van der Waals surface area (Å²) < 4.78 is 10.7. The SMILES string of the molecule is COc1ccc(OC)c(/C=C/C(=O)N2CCN(c3cc(C)c4cccc(C)c4n3)CC2)c1. The van der Waals surface area contributed by atoms with Gasteiger partial charge in [0.15, 0.2) is 0 Å². The molecule has 0 N–H and O–H groups in total. The lowest BCUT2D eigenvalue weighted by Crippen LogP contribution is -2.48. The number of anilines is 1. The summed E-state index contributed by atoms with van der Waals surface area (Å²) in [7, 11) is 3.23. The summed E-state index contributed by atoms with van der Waals surface area (Å²) in [5, 5.41) is 1.20. The summed E-state index contributed by atoms with van der Waals surface area (Å²) in [5.74, 6) is 2.40. The Morgan fingerprint density at radius 2 is 1.75 bits per heavy atom. The van der Waals surface area contributed by atoms with E-state index in [1.807, 2.05) is 23.1 Å². The molecule has 0 radical (unpaired) electrons. The lowest BCUT2D eigenvalue weighted by atomic mass is 10.1. The lowest BCUT2D eigenvalue weighted by molar-refractivity contribution is -0.126. The fraction of sp³-hybridized carbons (Fsp3) is 0.308. The van der Waals surface area contributed by atoms with E-state index in [0.717, 1.165) is 35.7 Å². The number of pyridine rings is 1. The Hall–Kier alpha value is -3.54. The second-order valence-electron chi connectivity index (χ2n) is 8.02. The molecule has 1 saturated heterocycles. The normalized spacial score (nSPS) is 14.2. The lowest BCUT2D eigenvalue weighted by Gasteiger charge is -2.35. The first-order valence-corrected chi connectivity index (χ1v) is 10.8. The molecule has 3 aromatic rings. The summed E-state index contributed by atoms with van der Waals surface area (Å²) >= 11 is 0. The van der Waals surface area contributed by atoms with Gasteiger partial charge in [-0.25, -0.2) is 4.98 Å². The number of methoxy groups -OCH3 is 2. The molecule has 0 unspecified atom stereocenters. The van der Waals surface area contributed by atoms with Gasteiger partial charge in [-0.1, -0.05) is 18.2 Å². The number of aryl methyl sites for hydroxylation is 2. The molecule has 6 heteroatoms. The van der Waals surface area contributed by atoms with Crippen LogP contribution in [0.2, 0.25) is 0 Å². The smallest absolute Gasteiger partial charge is 0.246 e. The van der Waals surface area contributed by atoms with Gasteiger partial charge in [0.2, 0.25) is 5.91 Å². The Morgan fingerprint density at radius 1 is 0.969 bits per heavy atom. The molecule has 4 rings (SSSR count). The first kappa shape index (κ1) is 21.7. The maximum atomic E-state index is 12.8. The molecule has 0 saturated carbocycles. The van der Waals surface area contributed by atoms with Crippen molar-refractivity contribution in [3.8, 4) is 11.5 Å². The van der Waals surface area contributed by atoms with E-state index in [2.05, 4.69) is 43.0 Å². The number of nitrogens with zero attached hydrogens (tertiary/aromatic N) is 3. The van der Waals surface area contributed by atoms with Crippen molar-refractivity contribution in [1.29, 1.82) is 0 Å². The first-order chi connectivity index (χ1) is 15.5. The average Bonchev–Trinajstić information content (AvgIpc) is 2.83. The number of ether oxygens (including phenoxy) is 2. The highest BCUT2D eigenvalue weighted by molar-refractivity contribution is 5.92. The van der Waals surface area contributed by atoms with E-state index in [9.17, 15) is 4.79 Å². The van der Waals surface area contributed by atoms with Crippen molar-refractivity contribution in [1.82, 2.24) is 9.88 Å². The van der Waals surface area contributed by atoms with Gasteiger partial charge in [-0.3, -0.25) is 4.79 Å². The predicted molar refractivity (Wildman–Crippen MR) is 129 cm³/mol. The molecule has 1 amide bonds.